The van der Waals surface area contributed by atoms with Crippen molar-refractivity contribution < 1.29 is 14.3 Å². The molecule has 10 heteroatoms. The maximum atomic E-state index is 13.5. The monoisotopic (exact) mass is 638 g/mol. The zero-order chi connectivity index (χ0) is 32.9. The van der Waals surface area contributed by atoms with Gasteiger partial charge in [0.05, 0.1) is 38.1 Å². The number of thiocarbonyl (C=S) groups is 1. The number of imidazole rings is 1. The Hall–Kier alpha value is -4.88. The van der Waals surface area contributed by atoms with Gasteiger partial charge in [-0.2, -0.15) is 5.26 Å². The van der Waals surface area contributed by atoms with Crippen molar-refractivity contribution in [3.63, 3.8) is 0 Å². The van der Waals surface area contributed by atoms with Crippen molar-refractivity contribution in [2.24, 2.45) is 5.92 Å². The fraction of sp³-hybridized carbons (Fsp3) is 0.333. The topological polar surface area (TPSA) is 104 Å². The van der Waals surface area contributed by atoms with E-state index in [9.17, 15) is 4.79 Å². The lowest BCUT2D eigenvalue weighted by Gasteiger charge is -2.33. The van der Waals surface area contributed by atoms with Crippen LogP contribution in [-0.4, -0.2) is 51.8 Å². The summed E-state index contributed by atoms with van der Waals surface area (Å²) in [5.74, 6) is 1.66. The molecule has 0 saturated heterocycles. The van der Waals surface area contributed by atoms with Crippen LogP contribution in [-0.2, 0) is 24.3 Å². The summed E-state index contributed by atoms with van der Waals surface area (Å²) in [5, 5.41) is 16.3. The first kappa shape index (κ1) is 34.0. The molecule has 2 N–H and O–H groups in total. The lowest BCUT2D eigenvalue weighted by Crippen LogP contribution is -2.50. The van der Waals surface area contributed by atoms with E-state index in [-0.39, 0.29) is 24.3 Å². The van der Waals surface area contributed by atoms with Gasteiger partial charge in [-0.1, -0.05) is 50.6 Å². The van der Waals surface area contributed by atoms with Gasteiger partial charge in [0.15, 0.2) is 5.11 Å². The Morgan fingerprint density at radius 3 is 2.50 bits per heavy atom. The third-order valence-electron chi connectivity index (χ3n) is 7.93. The second kappa shape index (κ2) is 17.0. The predicted octanol–water partition coefficient (Wildman–Crippen LogP) is 6.18. The molecule has 0 unspecified atom stereocenters. The number of hydrogen-bond acceptors (Lipinski definition) is 6. The minimum Gasteiger partial charge on any atom is -0.497 e. The molecule has 0 aliphatic carbocycles. The van der Waals surface area contributed by atoms with E-state index in [4.69, 9.17) is 27.0 Å². The first-order valence-corrected chi connectivity index (χ1v) is 15.9. The molecule has 0 bridgehead atoms. The first-order valence-electron chi connectivity index (χ1n) is 15.5. The maximum Gasteiger partial charge on any atom is 0.226 e. The van der Waals surface area contributed by atoms with Gasteiger partial charge < -0.3 is 29.6 Å². The summed E-state index contributed by atoms with van der Waals surface area (Å²) in [4.78, 5) is 19.9. The van der Waals surface area contributed by atoms with E-state index in [2.05, 4.69) is 40.4 Å². The van der Waals surface area contributed by atoms with Gasteiger partial charge in [-0.3, -0.25) is 4.79 Å². The van der Waals surface area contributed by atoms with E-state index < -0.39 is 0 Å². The molecule has 0 radical (unpaired) electrons. The van der Waals surface area contributed by atoms with Crippen LogP contribution >= 0.6 is 12.2 Å². The molecular formula is C36H42N6O3S. The number of methoxy groups -OCH3 is 1. The Balaban J connectivity index is 1.51. The van der Waals surface area contributed by atoms with Crippen LogP contribution in [0.1, 0.15) is 49.6 Å². The number of amides is 1. The zero-order valence-corrected chi connectivity index (χ0v) is 27.7. The number of hydrogen-bond donors (Lipinski definition) is 2. The Morgan fingerprint density at radius 1 is 1.09 bits per heavy atom. The number of para-hydroxylation sites is 1. The largest absolute Gasteiger partial charge is 0.497 e. The van der Waals surface area contributed by atoms with Crippen molar-refractivity contribution in [1.82, 2.24) is 19.8 Å². The van der Waals surface area contributed by atoms with Gasteiger partial charge in [-0.25, -0.2) is 4.98 Å². The second-order valence-corrected chi connectivity index (χ2v) is 11.5. The lowest BCUT2D eigenvalue weighted by molar-refractivity contribution is -0.121. The number of ether oxygens (including phenoxy) is 2. The molecule has 0 aliphatic heterocycles. The molecule has 0 fully saturated rings. The number of anilines is 1. The second-order valence-electron chi connectivity index (χ2n) is 11.1. The average Bonchev–Trinajstić information content (AvgIpc) is 3.50. The van der Waals surface area contributed by atoms with Crippen molar-refractivity contribution in [1.29, 1.82) is 5.26 Å². The third kappa shape index (κ3) is 9.56. The molecule has 4 rings (SSSR count). The maximum absolute atomic E-state index is 13.5. The molecule has 1 heterocycles. The molecule has 4 aromatic rings. The number of benzene rings is 3. The van der Waals surface area contributed by atoms with Crippen LogP contribution in [0.5, 0.6) is 11.5 Å². The van der Waals surface area contributed by atoms with E-state index in [1.807, 2.05) is 72.2 Å². The standard InChI is InChI=1S/C36H42N6O3S/c1-5-26(3)33(40-35(43)19-31-21-38-25-42(31)22-28-13-11-27(20-37)12-14-28)24-41(23-29-9-7-8-10-34(29)45-6-2)36(46)39-30-15-17-32(44-4)18-16-30/h7-18,21,25-26,33H,5-6,19,22-24H2,1-4H3,(H,39,46)(H,40,43)/t26-,33+/m0/s1. The van der Waals surface area contributed by atoms with Crippen molar-refractivity contribution >= 4 is 28.9 Å². The number of nitrogens with zero attached hydrogens (tertiary/aromatic N) is 4. The Bertz CT molecular complexity index is 1610. The summed E-state index contributed by atoms with van der Waals surface area (Å²) in [6, 6.07) is 25.0. The van der Waals surface area contributed by atoms with Crippen molar-refractivity contribution in [2.45, 2.75) is 52.7 Å². The van der Waals surface area contributed by atoms with Gasteiger partial charge >= 0.3 is 0 Å². The highest BCUT2D eigenvalue weighted by Crippen LogP contribution is 2.23. The van der Waals surface area contributed by atoms with Crippen molar-refractivity contribution in [3.8, 4) is 17.6 Å². The van der Waals surface area contributed by atoms with Gasteiger partial charge in [0.25, 0.3) is 0 Å². The van der Waals surface area contributed by atoms with Crippen molar-refractivity contribution in [2.75, 3.05) is 25.6 Å². The zero-order valence-electron chi connectivity index (χ0n) is 26.9. The lowest BCUT2D eigenvalue weighted by atomic mass is 9.98. The molecule has 46 heavy (non-hydrogen) atoms. The Kier molecular flexibility index (Phi) is 12.6. The summed E-state index contributed by atoms with van der Waals surface area (Å²) in [5.41, 5.74) is 4.29. The van der Waals surface area contributed by atoms with Gasteiger partial charge in [-0.05, 0) is 73.1 Å². The average molecular weight is 639 g/mol. The summed E-state index contributed by atoms with van der Waals surface area (Å²) in [7, 11) is 1.64. The first-order chi connectivity index (χ1) is 22.3. The number of carbonyl (C=O) groups is 1. The van der Waals surface area contributed by atoms with Crippen LogP contribution in [0.15, 0.2) is 85.3 Å². The number of carbonyl (C=O) groups excluding carboxylic acids is 1. The molecule has 1 amide bonds. The number of nitrogens with one attached hydrogen (secondary N) is 2. The van der Waals surface area contributed by atoms with Gasteiger partial charge in [0.2, 0.25) is 5.91 Å². The van der Waals surface area contributed by atoms with E-state index in [1.165, 1.54) is 0 Å². The highest BCUT2D eigenvalue weighted by Gasteiger charge is 2.25. The summed E-state index contributed by atoms with van der Waals surface area (Å²) in [6.45, 7) is 8.34. The molecule has 9 nitrogen and oxygen atoms in total. The smallest absolute Gasteiger partial charge is 0.226 e. The van der Waals surface area contributed by atoms with Gasteiger partial charge in [0, 0.05) is 48.8 Å². The van der Waals surface area contributed by atoms with Crippen LogP contribution in [0, 0.1) is 17.2 Å². The normalized spacial score (nSPS) is 12.0. The summed E-state index contributed by atoms with van der Waals surface area (Å²) in [6.07, 6.45) is 4.52. The quantitative estimate of drug-likeness (QED) is 0.149. The minimum atomic E-state index is -0.178. The third-order valence-corrected chi connectivity index (χ3v) is 8.29. The SMILES string of the molecule is CCOc1ccccc1CN(C[C@@H](NC(=O)Cc1cncn1Cc1ccc(C#N)cc1)[C@@H](C)CC)C(=S)Nc1ccc(OC)cc1. The molecular weight excluding hydrogens is 597 g/mol. The van der Waals surface area contributed by atoms with Crippen LogP contribution in [0.3, 0.4) is 0 Å². The Labute approximate surface area is 277 Å². The van der Waals surface area contributed by atoms with Crippen LogP contribution < -0.4 is 20.1 Å². The molecule has 0 saturated carbocycles. The minimum absolute atomic E-state index is 0.0874. The van der Waals surface area contributed by atoms with Gasteiger partial charge in [0.1, 0.15) is 11.5 Å². The number of rotatable bonds is 15. The van der Waals surface area contributed by atoms with E-state index in [0.717, 1.165) is 40.4 Å². The molecule has 240 valence electrons. The molecule has 3 aromatic carbocycles. The van der Waals surface area contributed by atoms with Crippen LogP contribution in [0.4, 0.5) is 5.69 Å². The molecule has 0 spiro atoms. The highest BCUT2D eigenvalue weighted by atomic mass is 32.1. The number of aromatic nitrogens is 2. The van der Waals surface area contributed by atoms with Crippen LogP contribution in [0.2, 0.25) is 0 Å². The highest BCUT2D eigenvalue weighted by molar-refractivity contribution is 7.80. The fourth-order valence-electron chi connectivity index (χ4n) is 5.06. The summed E-state index contributed by atoms with van der Waals surface area (Å²) < 4.78 is 13.2. The van der Waals surface area contributed by atoms with E-state index in [0.29, 0.717) is 36.9 Å². The van der Waals surface area contributed by atoms with Crippen LogP contribution in [0.25, 0.3) is 0 Å². The van der Waals surface area contributed by atoms with Gasteiger partial charge in [-0.15, -0.1) is 0 Å². The fourth-order valence-corrected chi connectivity index (χ4v) is 5.32. The number of nitriles is 1. The Morgan fingerprint density at radius 2 is 1.83 bits per heavy atom. The summed E-state index contributed by atoms with van der Waals surface area (Å²) >= 11 is 5.97. The van der Waals surface area contributed by atoms with E-state index >= 15 is 0 Å². The molecule has 0 aliphatic rings. The molecule has 2 atom stereocenters. The van der Waals surface area contributed by atoms with E-state index in [1.54, 1.807) is 31.8 Å². The van der Waals surface area contributed by atoms with Crippen molar-refractivity contribution in [3.05, 3.63) is 108 Å². The predicted molar refractivity (Wildman–Crippen MR) is 185 cm³/mol. The molecule has 1 aromatic heterocycles.